The van der Waals surface area contributed by atoms with Crippen molar-refractivity contribution >= 4 is 27.5 Å². The monoisotopic (exact) mass is 287 g/mol. The molecular weight excluding hydrogens is 273 g/mol. The Labute approximate surface area is 104 Å². The number of halogens is 2. The first-order chi connectivity index (χ1) is 6.99. The quantitative estimate of drug-likeness (QED) is 0.887. The number of hydrogen-bond acceptors (Lipinski definition) is 1. The molecule has 1 aliphatic carbocycles. The summed E-state index contributed by atoms with van der Waals surface area (Å²) in [6, 6.07) is 6.68. The highest BCUT2D eigenvalue weighted by Crippen LogP contribution is 2.44. The smallest absolute Gasteiger partial charge is 0.0462 e. The minimum atomic E-state index is 0.474. The normalized spacial score (nSPS) is 22.8. The predicted octanol–water partition coefficient (Wildman–Crippen LogP) is 3.99. The molecule has 15 heavy (non-hydrogen) atoms. The van der Waals surface area contributed by atoms with Gasteiger partial charge < -0.3 is 5.32 Å². The largest absolute Gasteiger partial charge is 0.309 e. The molecule has 1 atom stereocenters. The third kappa shape index (κ3) is 2.74. The van der Waals surface area contributed by atoms with Crippen LogP contribution in [0.3, 0.4) is 0 Å². The summed E-state index contributed by atoms with van der Waals surface area (Å²) in [6.07, 6.45) is 1.27. The Kier molecular flexibility index (Phi) is 3.11. The van der Waals surface area contributed by atoms with E-state index in [0.29, 0.717) is 11.5 Å². The molecule has 1 aromatic carbocycles. The second-order valence-corrected chi connectivity index (χ2v) is 6.18. The molecule has 0 heterocycles. The van der Waals surface area contributed by atoms with Gasteiger partial charge in [-0.3, -0.25) is 0 Å². The second-order valence-electron chi connectivity index (χ2n) is 4.86. The molecule has 2 rings (SSSR count). The first-order valence-electron chi connectivity index (χ1n) is 5.16. The van der Waals surface area contributed by atoms with Gasteiger partial charge in [0.05, 0.1) is 0 Å². The molecule has 0 amide bonds. The highest BCUT2D eigenvalue weighted by Gasteiger charge is 2.44. The van der Waals surface area contributed by atoms with Gasteiger partial charge in [-0.1, -0.05) is 47.4 Å². The van der Waals surface area contributed by atoms with Crippen LogP contribution in [-0.2, 0) is 6.54 Å². The van der Waals surface area contributed by atoms with Crippen LogP contribution in [0.4, 0.5) is 0 Å². The number of hydrogen-bond donors (Lipinski definition) is 1. The van der Waals surface area contributed by atoms with E-state index in [1.54, 1.807) is 0 Å². The van der Waals surface area contributed by atoms with Crippen LogP contribution < -0.4 is 5.32 Å². The molecule has 1 saturated carbocycles. The summed E-state index contributed by atoms with van der Waals surface area (Å²) in [5.41, 5.74) is 1.64. The Balaban J connectivity index is 1.94. The molecule has 0 saturated heterocycles. The van der Waals surface area contributed by atoms with Gasteiger partial charge in [0.15, 0.2) is 0 Å². The molecule has 1 aliphatic rings. The zero-order chi connectivity index (χ0) is 11.1. The third-order valence-corrected chi connectivity index (χ3v) is 3.91. The standard InChI is InChI=1S/C12H15BrClN/c1-12(2)6-11(12)15-7-8-3-4-9(13)5-10(8)14/h3-5,11,15H,6-7H2,1-2H3. The number of rotatable bonds is 3. The van der Waals surface area contributed by atoms with Crippen molar-refractivity contribution in [2.45, 2.75) is 32.9 Å². The van der Waals surface area contributed by atoms with Crippen molar-refractivity contribution in [1.82, 2.24) is 5.32 Å². The lowest BCUT2D eigenvalue weighted by atomic mass is 10.2. The summed E-state index contributed by atoms with van der Waals surface area (Å²) in [7, 11) is 0. The minimum absolute atomic E-state index is 0.474. The lowest BCUT2D eigenvalue weighted by Gasteiger charge is -2.08. The van der Waals surface area contributed by atoms with Crippen molar-refractivity contribution in [2.24, 2.45) is 5.41 Å². The van der Waals surface area contributed by atoms with Gasteiger partial charge >= 0.3 is 0 Å². The van der Waals surface area contributed by atoms with Gasteiger partial charge in [0.1, 0.15) is 0 Å². The molecule has 3 heteroatoms. The summed E-state index contributed by atoms with van der Waals surface area (Å²) < 4.78 is 1.03. The van der Waals surface area contributed by atoms with E-state index < -0.39 is 0 Å². The summed E-state index contributed by atoms with van der Waals surface area (Å²) in [5, 5.41) is 4.35. The summed E-state index contributed by atoms with van der Waals surface area (Å²) in [5.74, 6) is 0. The Morgan fingerprint density at radius 2 is 2.20 bits per heavy atom. The Morgan fingerprint density at radius 3 is 2.73 bits per heavy atom. The van der Waals surface area contributed by atoms with Crippen molar-refractivity contribution in [2.75, 3.05) is 0 Å². The Hall–Kier alpha value is -0.0500. The lowest BCUT2D eigenvalue weighted by Crippen LogP contribution is -2.20. The van der Waals surface area contributed by atoms with Gasteiger partial charge in [-0.2, -0.15) is 0 Å². The summed E-state index contributed by atoms with van der Waals surface area (Å²) in [4.78, 5) is 0. The maximum atomic E-state index is 6.13. The van der Waals surface area contributed by atoms with Gasteiger partial charge in [0, 0.05) is 22.1 Å². The van der Waals surface area contributed by atoms with E-state index in [9.17, 15) is 0 Å². The summed E-state index contributed by atoms with van der Waals surface area (Å²) >= 11 is 9.54. The van der Waals surface area contributed by atoms with E-state index in [1.807, 2.05) is 12.1 Å². The Bertz CT molecular complexity index is 376. The molecule has 1 nitrogen and oxygen atoms in total. The van der Waals surface area contributed by atoms with Crippen LogP contribution in [0.1, 0.15) is 25.8 Å². The highest BCUT2D eigenvalue weighted by molar-refractivity contribution is 9.10. The SMILES string of the molecule is CC1(C)CC1NCc1ccc(Br)cc1Cl. The van der Waals surface area contributed by atoms with Crippen molar-refractivity contribution in [1.29, 1.82) is 0 Å². The molecule has 0 spiro atoms. The van der Waals surface area contributed by atoms with Gasteiger partial charge in [-0.15, -0.1) is 0 Å². The molecule has 0 bridgehead atoms. The molecule has 1 N–H and O–H groups in total. The van der Waals surface area contributed by atoms with Crippen LogP contribution >= 0.6 is 27.5 Å². The average Bonchev–Trinajstić information content (AvgIpc) is 2.73. The van der Waals surface area contributed by atoms with Gasteiger partial charge in [-0.25, -0.2) is 0 Å². The van der Waals surface area contributed by atoms with Crippen LogP contribution in [0.5, 0.6) is 0 Å². The molecule has 1 aromatic rings. The van der Waals surface area contributed by atoms with Crippen LogP contribution in [0.15, 0.2) is 22.7 Å². The fourth-order valence-corrected chi connectivity index (χ4v) is 2.45. The lowest BCUT2D eigenvalue weighted by molar-refractivity contribution is 0.542. The molecule has 0 radical (unpaired) electrons. The van der Waals surface area contributed by atoms with E-state index in [1.165, 1.54) is 12.0 Å². The van der Waals surface area contributed by atoms with Crippen LogP contribution in [0.25, 0.3) is 0 Å². The maximum Gasteiger partial charge on any atom is 0.0462 e. The zero-order valence-corrected chi connectivity index (χ0v) is 11.3. The molecular formula is C12H15BrClN. The van der Waals surface area contributed by atoms with Gasteiger partial charge in [0.2, 0.25) is 0 Å². The topological polar surface area (TPSA) is 12.0 Å². The first-order valence-corrected chi connectivity index (χ1v) is 6.33. The fraction of sp³-hybridized carbons (Fsp3) is 0.500. The van der Waals surface area contributed by atoms with Gasteiger partial charge in [0.25, 0.3) is 0 Å². The molecule has 1 fully saturated rings. The van der Waals surface area contributed by atoms with Crippen molar-refractivity contribution in [3.8, 4) is 0 Å². The van der Waals surface area contributed by atoms with Crippen LogP contribution in [-0.4, -0.2) is 6.04 Å². The molecule has 0 aliphatic heterocycles. The molecule has 82 valence electrons. The number of nitrogens with one attached hydrogen (secondary N) is 1. The number of benzene rings is 1. The Morgan fingerprint density at radius 1 is 1.53 bits per heavy atom. The highest BCUT2D eigenvalue weighted by atomic mass is 79.9. The minimum Gasteiger partial charge on any atom is -0.309 e. The van der Waals surface area contributed by atoms with E-state index in [4.69, 9.17) is 11.6 Å². The van der Waals surface area contributed by atoms with E-state index in [2.05, 4.69) is 41.2 Å². The van der Waals surface area contributed by atoms with E-state index in [0.717, 1.165) is 16.0 Å². The van der Waals surface area contributed by atoms with E-state index >= 15 is 0 Å². The van der Waals surface area contributed by atoms with Gasteiger partial charge in [-0.05, 0) is 29.5 Å². The molecule has 1 unspecified atom stereocenters. The maximum absolute atomic E-state index is 6.13. The summed E-state index contributed by atoms with van der Waals surface area (Å²) in [6.45, 7) is 5.43. The van der Waals surface area contributed by atoms with Crippen molar-refractivity contribution in [3.63, 3.8) is 0 Å². The first kappa shape index (κ1) is 11.4. The van der Waals surface area contributed by atoms with Crippen LogP contribution in [0.2, 0.25) is 5.02 Å². The fourth-order valence-electron chi connectivity index (χ4n) is 1.71. The van der Waals surface area contributed by atoms with Crippen molar-refractivity contribution < 1.29 is 0 Å². The second kappa shape index (κ2) is 4.08. The van der Waals surface area contributed by atoms with Crippen LogP contribution in [0, 0.1) is 5.41 Å². The third-order valence-electron chi connectivity index (χ3n) is 3.07. The average molecular weight is 289 g/mol. The predicted molar refractivity (Wildman–Crippen MR) is 68.2 cm³/mol. The molecule has 0 aromatic heterocycles. The van der Waals surface area contributed by atoms with E-state index in [-0.39, 0.29) is 0 Å². The zero-order valence-electron chi connectivity index (χ0n) is 8.98. The van der Waals surface area contributed by atoms with Crippen molar-refractivity contribution in [3.05, 3.63) is 33.3 Å².